The van der Waals surface area contributed by atoms with Crippen LogP contribution in [0.1, 0.15) is 12.8 Å². The Labute approximate surface area is 98.0 Å². The van der Waals surface area contributed by atoms with Gasteiger partial charge in [0.2, 0.25) is 11.8 Å². The summed E-state index contributed by atoms with van der Waals surface area (Å²) in [4.78, 5) is 22.6. The molecule has 0 saturated carbocycles. The summed E-state index contributed by atoms with van der Waals surface area (Å²) in [6, 6.07) is 6.42. The quantitative estimate of drug-likeness (QED) is 0.822. The van der Waals surface area contributed by atoms with Gasteiger partial charge in [-0.2, -0.15) is 0 Å². The Hall–Kier alpha value is -1.55. The molecule has 5 heteroatoms. The van der Waals surface area contributed by atoms with E-state index >= 15 is 0 Å². The van der Waals surface area contributed by atoms with Gasteiger partial charge in [0.15, 0.2) is 0 Å². The van der Waals surface area contributed by atoms with E-state index in [9.17, 15) is 9.59 Å². The predicted molar refractivity (Wildman–Crippen MR) is 61.2 cm³/mol. The first-order chi connectivity index (χ1) is 7.65. The van der Waals surface area contributed by atoms with Gasteiger partial charge in [0, 0.05) is 17.1 Å². The second-order valence-electron chi connectivity index (χ2n) is 3.65. The van der Waals surface area contributed by atoms with E-state index in [2.05, 4.69) is 10.6 Å². The summed E-state index contributed by atoms with van der Waals surface area (Å²) in [7, 11) is 0. The van der Waals surface area contributed by atoms with E-state index in [0.717, 1.165) is 0 Å². The summed E-state index contributed by atoms with van der Waals surface area (Å²) in [5.41, 5.74) is 0.676. The van der Waals surface area contributed by atoms with E-state index in [-0.39, 0.29) is 11.8 Å². The molecule has 1 heterocycles. The van der Waals surface area contributed by atoms with E-state index < -0.39 is 6.04 Å². The second kappa shape index (κ2) is 4.53. The molecule has 0 unspecified atom stereocenters. The Morgan fingerprint density at radius 3 is 2.62 bits per heavy atom. The molecule has 1 aromatic carbocycles. The zero-order valence-electron chi connectivity index (χ0n) is 8.50. The molecule has 0 aliphatic carbocycles. The summed E-state index contributed by atoms with van der Waals surface area (Å²) >= 11 is 5.72. The van der Waals surface area contributed by atoms with Gasteiger partial charge in [-0.05, 0) is 30.7 Å². The maximum absolute atomic E-state index is 11.7. The van der Waals surface area contributed by atoms with E-state index in [4.69, 9.17) is 11.6 Å². The Kier molecular flexibility index (Phi) is 3.10. The summed E-state index contributed by atoms with van der Waals surface area (Å²) in [6.07, 6.45) is 0.969. The number of hydrogen-bond acceptors (Lipinski definition) is 2. The molecule has 0 bridgehead atoms. The van der Waals surface area contributed by atoms with E-state index in [1.54, 1.807) is 24.3 Å². The van der Waals surface area contributed by atoms with E-state index in [1.165, 1.54) is 0 Å². The molecule has 1 atom stereocenters. The van der Waals surface area contributed by atoms with Crippen molar-refractivity contribution in [3.63, 3.8) is 0 Å². The maximum Gasteiger partial charge on any atom is 0.246 e. The van der Waals surface area contributed by atoms with E-state index in [0.29, 0.717) is 23.6 Å². The highest BCUT2D eigenvalue weighted by atomic mass is 35.5. The second-order valence-corrected chi connectivity index (χ2v) is 4.09. The van der Waals surface area contributed by atoms with Crippen molar-refractivity contribution in [1.82, 2.24) is 5.32 Å². The molecule has 1 saturated heterocycles. The zero-order valence-corrected chi connectivity index (χ0v) is 9.25. The van der Waals surface area contributed by atoms with Crippen LogP contribution in [0, 0.1) is 0 Å². The van der Waals surface area contributed by atoms with Crippen LogP contribution in [0.15, 0.2) is 24.3 Å². The fourth-order valence-corrected chi connectivity index (χ4v) is 1.70. The molecule has 84 valence electrons. The van der Waals surface area contributed by atoms with Gasteiger partial charge >= 0.3 is 0 Å². The van der Waals surface area contributed by atoms with Gasteiger partial charge in [-0.3, -0.25) is 9.59 Å². The Morgan fingerprint density at radius 1 is 1.38 bits per heavy atom. The van der Waals surface area contributed by atoms with Gasteiger partial charge in [0.1, 0.15) is 6.04 Å². The normalized spacial score (nSPS) is 19.3. The molecule has 2 amide bonds. The lowest BCUT2D eigenvalue weighted by molar-refractivity contribution is -0.122. The van der Waals surface area contributed by atoms with Crippen molar-refractivity contribution in [3.8, 4) is 0 Å². The maximum atomic E-state index is 11.7. The van der Waals surface area contributed by atoms with Gasteiger partial charge in [-0.25, -0.2) is 0 Å². The predicted octanol–water partition coefficient (Wildman–Crippen LogP) is 1.56. The number of anilines is 1. The fourth-order valence-electron chi connectivity index (χ4n) is 1.57. The summed E-state index contributed by atoms with van der Waals surface area (Å²) in [6.45, 7) is 0. The molecular formula is C11H11ClN2O2. The molecule has 0 spiro atoms. The number of rotatable bonds is 2. The molecule has 1 aromatic rings. The Bertz CT molecular complexity index is 416. The average Bonchev–Trinajstić information content (AvgIpc) is 2.68. The Balaban J connectivity index is 1.97. The minimum Gasteiger partial charge on any atom is -0.344 e. The molecule has 16 heavy (non-hydrogen) atoms. The van der Waals surface area contributed by atoms with Crippen LogP contribution in [0.5, 0.6) is 0 Å². The number of nitrogens with one attached hydrogen (secondary N) is 2. The lowest BCUT2D eigenvalue weighted by atomic mass is 10.2. The van der Waals surface area contributed by atoms with Gasteiger partial charge in [-0.1, -0.05) is 11.6 Å². The van der Waals surface area contributed by atoms with Crippen molar-refractivity contribution in [2.75, 3.05) is 5.32 Å². The fraction of sp³-hybridized carbons (Fsp3) is 0.273. The van der Waals surface area contributed by atoms with Crippen molar-refractivity contribution >= 4 is 29.1 Å². The largest absolute Gasteiger partial charge is 0.344 e. The summed E-state index contributed by atoms with van der Waals surface area (Å²) < 4.78 is 0. The van der Waals surface area contributed by atoms with Gasteiger partial charge < -0.3 is 10.6 Å². The number of amides is 2. The molecule has 1 aliphatic rings. The molecule has 1 fully saturated rings. The van der Waals surface area contributed by atoms with Crippen LogP contribution in [0.2, 0.25) is 5.02 Å². The van der Waals surface area contributed by atoms with Gasteiger partial charge in [0.25, 0.3) is 0 Å². The highest BCUT2D eigenvalue weighted by Gasteiger charge is 2.26. The van der Waals surface area contributed by atoms with Crippen molar-refractivity contribution in [1.29, 1.82) is 0 Å². The van der Waals surface area contributed by atoms with Crippen molar-refractivity contribution in [2.24, 2.45) is 0 Å². The lowest BCUT2D eigenvalue weighted by Crippen LogP contribution is -2.37. The monoisotopic (exact) mass is 238 g/mol. The first-order valence-electron chi connectivity index (χ1n) is 5.01. The summed E-state index contributed by atoms with van der Waals surface area (Å²) in [5.74, 6) is -0.260. The highest BCUT2D eigenvalue weighted by Crippen LogP contribution is 2.15. The summed E-state index contributed by atoms with van der Waals surface area (Å²) in [5, 5.41) is 5.95. The number of benzene rings is 1. The van der Waals surface area contributed by atoms with Crippen LogP contribution in [0.3, 0.4) is 0 Å². The third-order valence-corrected chi connectivity index (χ3v) is 2.68. The Morgan fingerprint density at radius 2 is 2.06 bits per heavy atom. The SMILES string of the molecule is O=C1CC[C@@H](C(=O)Nc2ccc(Cl)cc2)N1. The number of hydrogen-bond donors (Lipinski definition) is 2. The number of halogens is 1. The molecular weight excluding hydrogens is 228 g/mol. The lowest BCUT2D eigenvalue weighted by Gasteiger charge is -2.10. The van der Waals surface area contributed by atoms with Gasteiger partial charge in [0.05, 0.1) is 0 Å². The molecule has 0 radical (unpaired) electrons. The topological polar surface area (TPSA) is 58.2 Å². The third-order valence-electron chi connectivity index (χ3n) is 2.42. The van der Waals surface area contributed by atoms with Gasteiger partial charge in [-0.15, -0.1) is 0 Å². The molecule has 0 aromatic heterocycles. The van der Waals surface area contributed by atoms with Crippen LogP contribution in [0.25, 0.3) is 0 Å². The molecule has 2 rings (SSSR count). The minimum atomic E-state index is -0.414. The highest BCUT2D eigenvalue weighted by molar-refractivity contribution is 6.30. The third kappa shape index (κ3) is 2.52. The standard InChI is InChI=1S/C11H11ClN2O2/c12-7-1-3-8(4-2-7)13-11(16)9-5-6-10(15)14-9/h1-4,9H,5-6H2,(H,13,16)(H,14,15)/t9-/m0/s1. The van der Waals surface area contributed by atoms with Crippen molar-refractivity contribution in [2.45, 2.75) is 18.9 Å². The first-order valence-corrected chi connectivity index (χ1v) is 5.39. The zero-order chi connectivity index (χ0) is 11.5. The van der Waals surface area contributed by atoms with Crippen molar-refractivity contribution < 1.29 is 9.59 Å². The van der Waals surface area contributed by atoms with Crippen LogP contribution in [0.4, 0.5) is 5.69 Å². The van der Waals surface area contributed by atoms with Crippen molar-refractivity contribution in [3.05, 3.63) is 29.3 Å². The first kappa shape index (κ1) is 11.0. The smallest absolute Gasteiger partial charge is 0.246 e. The van der Waals surface area contributed by atoms with E-state index in [1.807, 2.05) is 0 Å². The number of carbonyl (C=O) groups is 2. The minimum absolute atomic E-state index is 0.0729. The average molecular weight is 239 g/mol. The van der Waals surface area contributed by atoms with Crippen LogP contribution >= 0.6 is 11.6 Å². The van der Waals surface area contributed by atoms with Crippen LogP contribution < -0.4 is 10.6 Å². The molecule has 1 aliphatic heterocycles. The molecule has 2 N–H and O–H groups in total. The number of carbonyl (C=O) groups excluding carboxylic acids is 2. The van der Waals surface area contributed by atoms with Crippen LogP contribution in [-0.2, 0) is 9.59 Å². The van der Waals surface area contributed by atoms with Crippen LogP contribution in [-0.4, -0.2) is 17.9 Å². The molecule has 4 nitrogen and oxygen atoms in total.